The Hall–Kier alpha value is 0.270. The van der Waals surface area contributed by atoms with Gasteiger partial charge in [-0.05, 0) is 18.6 Å². The van der Waals surface area contributed by atoms with Crippen LogP contribution >= 0.6 is 11.8 Å². The Kier molecular flexibility index (Phi) is 8.73. The quantitative estimate of drug-likeness (QED) is 0.677. The number of ether oxygens (including phenoxy) is 1. The number of thioether (sulfide) groups is 1. The van der Waals surface area contributed by atoms with Crippen molar-refractivity contribution < 1.29 is 4.74 Å². The summed E-state index contributed by atoms with van der Waals surface area (Å²) in [7, 11) is 1.77. The lowest BCUT2D eigenvalue weighted by atomic mass is 10.0. The summed E-state index contributed by atoms with van der Waals surface area (Å²) in [5.74, 6) is 1.81. The molecule has 0 radical (unpaired) electrons. The van der Waals surface area contributed by atoms with Gasteiger partial charge in [0.15, 0.2) is 0 Å². The molecule has 0 rings (SSSR count). The van der Waals surface area contributed by atoms with Crippen LogP contribution in [0.1, 0.15) is 27.2 Å². The van der Waals surface area contributed by atoms with Gasteiger partial charge in [0, 0.05) is 24.9 Å². The number of rotatable bonds is 8. The van der Waals surface area contributed by atoms with Gasteiger partial charge in [-0.2, -0.15) is 11.8 Å². The second-order valence-electron chi connectivity index (χ2n) is 4.03. The van der Waals surface area contributed by atoms with Gasteiger partial charge in [-0.1, -0.05) is 20.8 Å². The molecule has 3 heteroatoms. The summed E-state index contributed by atoms with van der Waals surface area (Å²) in [4.78, 5) is 0. The molecule has 0 aliphatic heterocycles. The largest absolute Gasteiger partial charge is 0.383 e. The second kappa shape index (κ2) is 8.57. The summed E-state index contributed by atoms with van der Waals surface area (Å²) >= 11 is 1.90. The summed E-state index contributed by atoms with van der Waals surface area (Å²) in [5, 5.41) is 3.66. The maximum absolute atomic E-state index is 5.22. The lowest BCUT2D eigenvalue weighted by molar-refractivity contribution is 0.141. The normalized spacial score (nSPS) is 15.9. The second-order valence-corrected chi connectivity index (χ2v) is 4.94. The zero-order valence-corrected chi connectivity index (χ0v) is 11.0. The Morgan fingerprint density at radius 2 is 2.00 bits per heavy atom. The van der Waals surface area contributed by atoms with E-state index in [0.29, 0.717) is 18.0 Å². The van der Waals surface area contributed by atoms with Crippen molar-refractivity contribution >= 4 is 11.8 Å². The topological polar surface area (TPSA) is 21.3 Å². The van der Waals surface area contributed by atoms with Crippen molar-refractivity contribution in [1.29, 1.82) is 0 Å². The first-order chi connectivity index (χ1) is 6.65. The van der Waals surface area contributed by atoms with E-state index in [1.807, 2.05) is 11.8 Å². The fourth-order valence-electron chi connectivity index (χ4n) is 1.40. The first-order valence-electron chi connectivity index (χ1n) is 5.39. The van der Waals surface area contributed by atoms with Crippen molar-refractivity contribution in [3.8, 4) is 0 Å². The molecule has 0 saturated heterocycles. The van der Waals surface area contributed by atoms with Crippen LogP contribution in [0.2, 0.25) is 0 Å². The lowest BCUT2D eigenvalue weighted by Crippen LogP contribution is -2.45. The Bertz CT molecular complexity index is 130. The average molecular weight is 219 g/mol. The van der Waals surface area contributed by atoms with Gasteiger partial charge in [-0.25, -0.2) is 0 Å². The third-order valence-electron chi connectivity index (χ3n) is 2.46. The first-order valence-corrected chi connectivity index (χ1v) is 6.78. The summed E-state index contributed by atoms with van der Waals surface area (Å²) in [5.41, 5.74) is 0. The van der Waals surface area contributed by atoms with Crippen LogP contribution in [0.4, 0.5) is 0 Å². The van der Waals surface area contributed by atoms with Gasteiger partial charge >= 0.3 is 0 Å². The molecule has 0 heterocycles. The molecule has 0 aromatic carbocycles. The third kappa shape index (κ3) is 5.89. The smallest absolute Gasteiger partial charge is 0.0618 e. The lowest BCUT2D eigenvalue weighted by Gasteiger charge is -2.27. The molecule has 0 aliphatic rings. The van der Waals surface area contributed by atoms with Crippen molar-refractivity contribution in [2.45, 2.75) is 39.3 Å². The standard InChI is InChI=1S/C11H25NOS/c1-6-10(8-14-5)12-11(7-13-4)9(2)3/h9-12H,6-8H2,1-5H3. The molecule has 2 atom stereocenters. The highest BCUT2D eigenvalue weighted by Crippen LogP contribution is 2.07. The van der Waals surface area contributed by atoms with Gasteiger partial charge in [0.25, 0.3) is 0 Å². The van der Waals surface area contributed by atoms with Crippen molar-refractivity contribution in [3.63, 3.8) is 0 Å². The molecule has 0 saturated carbocycles. The minimum atomic E-state index is 0.483. The molecule has 86 valence electrons. The Balaban J connectivity index is 3.97. The van der Waals surface area contributed by atoms with E-state index in [-0.39, 0.29) is 0 Å². The highest BCUT2D eigenvalue weighted by molar-refractivity contribution is 7.98. The zero-order chi connectivity index (χ0) is 11.0. The predicted molar refractivity (Wildman–Crippen MR) is 66.1 cm³/mol. The summed E-state index contributed by atoms with van der Waals surface area (Å²) < 4.78 is 5.22. The summed E-state index contributed by atoms with van der Waals surface area (Å²) in [6.07, 6.45) is 3.35. The van der Waals surface area contributed by atoms with E-state index in [2.05, 4.69) is 32.3 Å². The van der Waals surface area contributed by atoms with E-state index in [9.17, 15) is 0 Å². The Morgan fingerprint density at radius 3 is 2.36 bits per heavy atom. The molecular weight excluding hydrogens is 194 g/mol. The molecule has 0 fully saturated rings. The highest BCUT2D eigenvalue weighted by Gasteiger charge is 2.16. The van der Waals surface area contributed by atoms with Crippen molar-refractivity contribution in [2.75, 3.05) is 25.7 Å². The highest BCUT2D eigenvalue weighted by atomic mass is 32.2. The van der Waals surface area contributed by atoms with Gasteiger partial charge in [-0.15, -0.1) is 0 Å². The van der Waals surface area contributed by atoms with E-state index < -0.39 is 0 Å². The number of nitrogens with one attached hydrogen (secondary N) is 1. The summed E-state index contributed by atoms with van der Waals surface area (Å²) in [6, 6.07) is 1.10. The Labute approximate surface area is 93.2 Å². The maximum Gasteiger partial charge on any atom is 0.0618 e. The van der Waals surface area contributed by atoms with Crippen LogP contribution in [0, 0.1) is 5.92 Å². The summed E-state index contributed by atoms with van der Waals surface area (Å²) in [6.45, 7) is 7.52. The van der Waals surface area contributed by atoms with E-state index in [1.54, 1.807) is 7.11 Å². The van der Waals surface area contributed by atoms with Crippen molar-refractivity contribution in [1.82, 2.24) is 5.32 Å². The van der Waals surface area contributed by atoms with E-state index in [1.165, 1.54) is 12.2 Å². The molecule has 0 aromatic heterocycles. The van der Waals surface area contributed by atoms with Gasteiger partial charge in [0.05, 0.1) is 6.61 Å². The van der Waals surface area contributed by atoms with E-state index >= 15 is 0 Å². The van der Waals surface area contributed by atoms with Crippen LogP contribution in [0.15, 0.2) is 0 Å². The minimum Gasteiger partial charge on any atom is -0.383 e. The molecule has 2 unspecified atom stereocenters. The molecule has 0 amide bonds. The van der Waals surface area contributed by atoms with Crippen LogP contribution in [-0.4, -0.2) is 37.8 Å². The predicted octanol–water partition coefficient (Wildman–Crippen LogP) is 2.39. The molecular formula is C11H25NOS. The SMILES string of the molecule is CCC(CSC)NC(COC)C(C)C. The molecule has 0 aromatic rings. The van der Waals surface area contributed by atoms with Gasteiger partial charge in [0.1, 0.15) is 0 Å². The first kappa shape index (κ1) is 14.3. The van der Waals surface area contributed by atoms with Gasteiger partial charge in [-0.3, -0.25) is 0 Å². The Morgan fingerprint density at radius 1 is 1.36 bits per heavy atom. The average Bonchev–Trinajstić information content (AvgIpc) is 2.15. The van der Waals surface area contributed by atoms with Crippen LogP contribution in [0.3, 0.4) is 0 Å². The third-order valence-corrected chi connectivity index (χ3v) is 3.20. The van der Waals surface area contributed by atoms with E-state index in [0.717, 1.165) is 6.61 Å². The number of methoxy groups -OCH3 is 1. The van der Waals surface area contributed by atoms with Crippen LogP contribution in [0.5, 0.6) is 0 Å². The molecule has 14 heavy (non-hydrogen) atoms. The van der Waals surface area contributed by atoms with E-state index in [4.69, 9.17) is 4.74 Å². The molecule has 0 aliphatic carbocycles. The van der Waals surface area contributed by atoms with Crippen LogP contribution < -0.4 is 5.32 Å². The molecule has 2 nitrogen and oxygen atoms in total. The number of hydrogen-bond acceptors (Lipinski definition) is 3. The molecule has 0 spiro atoms. The van der Waals surface area contributed by atoms with Crippen molar-refractivity contribution in [3.05, 3.63) is 0 Å². The maximum atomic E-state index is 5.22. The fourth-order valence-corrected chi connectivity index (χ4v) is 2.13. The zero-order valence-electron chi connectivity index (χ0n) is 10.2. The molecule has 0 bridgehead atoms. The molecule has 1 N–H and O–H groups in total. The van der Waals surface area contributed by atoms with Crippen LogP contribution in [-0.2, 0) is 4.74 Å². The monoisotopic (exact) mass is 219 g/mol. The van der Waals surface area contributed by atoms with Crippen LogP contribution in [0.25, 0.3) is 0 Å². The minimum absolute atomic E-state index is 0.483. The van der Waals surface area contributed by atoms with Gasteiger partial charge < -0.3 is 10.1 Å². The van der Waals surface area contributed by atoms with Crippen molar-refractivity contribution in [2.24, 2.45) is 5.92 Å². The van der Waals surface area contributed by atoms with Gasteiger partial charge in [0.2, 0.25) is 0 Å². The fraction of sp³-hybridized carbons (Fsp3) is 1.00. The number of hydrogen-bond donors (Lipinski definition) is 1.